The van der Waals surface area contributed by atoms with Crippen molar-refractivity contribution in [2.24, 2.45) is 0 Å². The van der Waals surface area contributed by atoms with Crippen molar-refractivity contribution in [3.63, 3.8) is 0 Å². The molecule has 4 unspecified atom stereocenters. The van der Waals surface area contributed by atoms with Gasteiger partial charge in [0, 0.05) is 0 Å². The van der Waals surface area contributed by atoms with Gasteiger partial charge >= 0.3 is 0 Å². The maximum Gasteiger partial charge on any atom is 0.210 e. The highest BCUT2D eigenvalue weighted by molar-refractivity contribution is 6.71. The Bertz CT molecular complexity index is 600. The first-order valence-electron chi connectivity index (χ1n) is 11.9. The summed E-state index contributed by atoms with van der Waals surface area (Å²) in [6.07, 6.45) is -0.845. The summed E-state index contributed by atoms with van der Waals surface area (Å²) in [5.41, 5.74) is 0. The Balaban J connectivity index is 3.53. The lowest BCUT2D eigenvalue weighted by atomic mass is 10.1. The van der Waals surface area contributed by atoms with Crippen LogP contribution in [-0.2, 0) is 26.9 Å². The predicted molar refractivity (Wildman–Crippen MR) is 147 cm³/mol. The molecular weight excluding hydrogens is 489 g/mol. The Morgan fingerprint density at radius 3 is 1.44 bits per heavy atom. The largest absolute Gasteiger partial charge is 0.415 e. The Kier molecular flexibility index (Phi) is 10.1. The molecule has 1 aliphatic rings. The molecular formula is C21H52O6Si5. The maximum absolute atomic E-state index is 6.85. The van der Waals surface area contributed by atoms with E-state index in [-0.39, 0.29) is 18.3 Å². The molecule has 32 heavy (non-hydrogen) atoms. The lowest BCUT2D eigenvalue weighted by Gasteiger charge is -2.43. The fraction of sp³-hybridized carbons (Fsp3) is 1.00. The minimum atomic E-state index is -2.02. The zero-order valence-corrected chi connectivity index (χ0v) is 28.6. The Labute approximate surface area is 203 Å². The zero-order valence-electron chi connectivity index (χ0n) is 23.6. The standard InChI is InChI=1S/C21H52O6Si5/c1-28(2,3)22-16-18-19(25-30(7,8)9)20(26-31(10,11)12)21(24-18,27-32(13,14)15)17-23-29(4,5)6/h18-20H,16-17H2,1-15H3. The number of rotatable bonds is 12. The molecule has 0 radical (unpaired) electrons. The van der Waals surface area contributed by atoms with E-state index in [1.54, 1.807) is 0 Å². The van der Waals surface area contributed by atoms with E-state index in [1.165, 1.54) is 0 Å². The van der Waals surface area contributed by atoms with Gasteiger partial charge in [-0.3, -0.25) is 0 Å². The van der Waals surface area contributed by atoms with Crippen molar-refractivity contribution < 1.29 is 26.9 Å². The van der Waals surface area contributed by atoms with Crippen LogP contribution in [0.25, 0.3) is 0 Å². The second-order valence-electron chi connectivity index (χ2n) is 13.9. The molecule has 0 aliphatic carbocycles. The molecule has 0 saturated carbocycles. The molecule has 0 spiro atoms. The molecule has 4 atom stereocenters. The summed E-state index contributed by atoms with van der Waals surface area (Å²) in [6.45, 7) is 33.9. The van der Waals surface area contributed by atoms with Crippen LogP contribution in [0.3, 0.4) is 0 Å². The molecule has 0 amide bonds. The van der Waals surface area contributed by atoms with Crippen molar-refractivity contribution in [1.29, 1.82) is 0 Å². The Morgan fingerprint density at radius 1 is 0.594 bits per heavy atom. The lowest BCUT2D eigenvalue weighted by Crippen LogP contribution is -2.59. The van der Waals surface area contributed by atoms with E-state index >= 15 is 0 Å². The van der Waals surface area contributed by atoms with Crippen molar-refractivity contribution in [2.75, 3.05) is 13.2 Å². The van der Waals surface area contributed by atoms with Crippen LogP contribution in [-0.4, -0.2) is 78.9 Å². The van der Waals surface area contributed by atoms with Gasteiger partial charge < -0.3 is 26.9 Å². The summed E-state index contributed by atoms with van der Waals surface area (Å²) in [5, 5.41) is 0. The molecule has 0 bridgehead atoms. The summed E-state index contributed by atoms with van der Waals surface area (Å²) in [5.74, 6) is -0.983. The summed E-state index contributed by atoms with van der Waals surface area (Å²) in [7, 11) is -9.43. The molecule has 1 rings (SSSR count). The summed E-state index contributed by atoms with van der Waals surface area (Å²) >= 11 is 0. The van der Waals surface area contributed by atoms with Crippen molar-refractivity contribution in [3.05, 3.63) is 0 Å². The van der Waals surface area contributed by atoms with E-state index in [0.717, 1.165) is 0 Å². The van der Waals surface area contributed by atoms with Gasteiger partial charge in [0.1, 0.15) is 18.3 Å². The van der Waals surface area contributed by atoms with Gasteiger partial charge in [0.25, 0.3) is 0 Å². The zero-order chi connectivity index (χ0) is 25.4. The third-order valence-corrected chi connectivity index (χ3v) is 9.23. The van der Waals surface area contributed by atoms with Crippen molar-refractivity contribution in [2.45, 2.75) is 122 Å². The molecule has 0 aromatic carbocycles. The van der Waals surface area contributed by atoms with Gasteiger partial charge in [0.05, 0.1) is 13.2 Å². The van der Waals surface area contributed by atoms with E-state index in [4.69, 9.17) is 26.9 Å². The first kappa shape index (κ1) is 30.9. The normalized spacial score (nSPS) is 28.4. The monoisotopic (exact) mass is 540 g/mol. The van der Waals surface area contributed by atoms with Crippen LogP contribution >= 0.6 is 0 Å². The van der Waals surface area contributed by atoms with E-state index in [9.17, 15) is 0 Å². The third kappa shape index (κ3) is 11.5. The molecule has 1 aliphatic heterocycles. The van der Waals surface area contributed by atoms with E-state index < -0.39 is 47.4 Å². The first-order chi connectivity index (χ1) is 13.9. The highest BCUT2D eigenvalue weighted by Gasteiger charge is 2.61. The molecule has 0 N–H and O–H groups in total. The van der Waals surface area contributed by atoms with Gasteiger partial charge in [-0.1, -0.05) is 0 Å². The fourth-order valence-electron chi connectivity index (χ4n) is 3.44. The van der Waals surface area contributed by atoms with Crippen LogP contribution in [0.5, 0.6) is 0 Å². The molecule has 1 fully saturated rings. The number of ether oxygens (including phenoxy) is 1. The summed E-state index contributed by atoms with van der Waals surface area (Å²) in [4.78, 5) is 0. The van der Waals surface area contributed by atoms with Gasteiger partial charge in [-0.05, 0) is 98.2 Å². The quantitative estimate of drug-likeness (QED) is 0.280. The predicted octanol–water partition coefficient (Wildman–Crippen LogP) is 6.08. The van der Waals surface area contributed by atoms with E-state index in [2.05, 4.69) is 98.2 Å². The molecule has 0 aromatic rings. The first-order valence-corrected chi connectivity index (χ1v) is 29.0. The van der Waals surface area contributed by atoms with Gasteiger partial charge in [0.2, 0.25) is 5.79 Å². The number of hydrogen-bond donors (Lipinski definition) is 0. The highest BCUT2D eigenvalue weighted by atomic mass is 28.4. The summed E-state index contributed by atoms with van der Waals surface area (Å²) < 4.78 is 40.1. The average molecular weight is 541 g/mol. The highest BCUT2D eigenvalue weighted by Crippen LogP contribution is 2.42. The van der Waals surface area contributed by atoms with Crippen LogP contribution in [0.2, 0.25) is 98.2 Å². The fourth-order valence-corrected chi connectivity index (χ4v) is 8.17. The Hall–Kier alpha value is 0.844. The second-order valence-corrected chi connectivity index (χ2v) is 36.2. The molecule has 6 nitrogen and oxygen atoms in total. The SMILES string of the molecule is C[Si](C)(C)OCC1OC(CO[Si](C)(C)C)(O[Si](C)(C)C)C(O[Si](C)(C)C)C1O[Si](C)(C)C. The van der Waals surface area contributed by atoms with Gasteiger partial charge in [-0.15, -0.1) is 0 Å². The van der Waals surface area contributed by atoms with E-state index in [0.29, 0.717) is 13.2 Å². The van der Waals surface area contributed by atoms with Gasteiger partial charge in [-0.25, -0.2) is 0 Å². The second kappa shape index (κ2) is 10.4. The van der Waals surface area contributed by atoms with Crippen molar-refractivity contribution >= 4 is 41.6 Å². The smallest absolute Gasteiger partial charge is 0.210 e. The third-order valence-electron chi connectivity index (χ3n) is 4.29. The van der Waals surface area contributed by atoms with Crippen LogP contribution < -0.4 is 0 Å². The minimum absolute atomic E-state index is 0.244. The molecule has 1 heterocycles. The van der Waals surface area contributed by atoms with Crippen molar-refractivity contribution in [1.82, 2.24) is 0 Å². The van der Waals surface area contributed by atoms with E-state index in [1.807, 2.05) is 0 Å². The number of hydrogen-bond acceptors (Lipinski definition) is 6. The molecule has 1 saturated heterocycles. The summed E-state index contributed by atoms with van der Waals surface area (Å²) in [6, 6.07) is 0. The van der Waals surface area contributed by atoms with Gasteiger partial charge in [0.15, 0.2) is 41.6 Å². The molecule has 192 valence electrons. The molecule has 11 heteroatoms. The van der Waals surface area contributed by atoms with Crippen molar-refractivity contribution in [3.8, 4) is 0 Å². The minimum Gasteiger partial charge on any atom is -0.415 e. The van der Waals surface area contributed by atoms with Crippen LogP contribution in [0.15, 0.2) is 0 Å². The lowest BCUT2D eigenvalue weighted by molar-refractivity contribution is -0.229. The average Bonchev–Trinajstić information content (AvgIpc) is 2.71. The Morgan fingerprint density at radius 2 is 1.06 bits per heavy atom. The molecule has 0 aromatic heterocycles. The van der Waals surface area contributed by atoms with Gasteiger partial charge in [-0.2, -0.15) is 0 Å². The van der Waals surface area contributed by atoms with Crippen LogP contribution in [0, 0.1) is 0 Å². The maximum atomic E-state index is 6.85. The van der Waals surface area contributed by atoms with Crippen LogP contribution in [0.4, 0.5) is 0 Å². The van der Waals surface area contributed by atoms with Crippen LogP contribution in [0.1, 0.15) is 0 Å². The topological polar surface area (TPSA) is 55.4 Å².